The quantitative estimate of drug-likeness (QED) is 0.815. The van der Waals surface area contributed by atoms with E-state index in [0.717, 1.165) is 24.1 Å². The summed E-state index contributed by atoms with van der Waals surface area (Å²) < 4.78 is 5.22. The van der Waals surface area contributed by atoms with Gasteiger partial charge < -0.3 is 9.42 Å². The predicted molar refractivity (Wildman–Crippen MR) is 86.8 cm³/mol. The minimum Gasteiger partial charge on any atom is -0.351 e. The molecule has 23 heavy (non-hydrogen) atoms. The molecule has 2 rings (SSSR count). The van der Waals surface area contributed by atoms with Crippen LogP contribution >= 0.6 is 0 Å². The Morgan fingerprint density at radius 2 is 1.96 bits per heavy atom. The van der Waals surface area contributed by atoms with Crippen molar-refractivity contribution < 1.29 is 9.32 Å². The minimum atomic E-state index is -0.195. The van der Waals surface area contributed by atoms with Crippen LogP contribution in [0.1, 0.15) is 60.0 Å². The van der Waals surface area contributed by atoms with Crippen molar-refractivity contribution in [2.75, 3.05) is 7.05 Å². The molecule has 5 heteroatoms. The average Bonchev–Trinajstić information content (AvgIpc) is 3.05. The van der Waals surface area contributed by atoms with Crippen LogP contribution in [0.3, 0.4) is 0 Å². The lowest BCUT2D eigenvalue weighted by molar-refractivity contribution is 0.0743. The highest BCUT2D eigenvalue weighted by atomic mass is 16.5. The lowest BCUT2D eigenvalue weighted by Gasteiger charge is -2.15. The first kappa shape index (κ1) is 16.8. The Morgan fingerprint density at radius 3 is 2.52 bits per heavy atom. The van der Waals surface area contributed by atoms with Gasteiger partial charge in [0.15, 0.2) is 0 Å². The molecule has 0 spiro atoms. The van der Waals surface area contributed by atoms with E-state index in [2.05, 4.69) is 25.1 Å². The Kier molecular flexibility index (Phi) is 5.53. The summed E-state index contributed by atoms with van der Waals surface area (Å²) in [6, 6.07) is 11.0. The number of amides is 1. The Hall–Kier alpha value is -2.61. The third-order valence-electron chi connectivity index (χ3n) is 3.99. The molecule has 1 aromatic heterocycles. The van der Waals surface area contributed by atoms with Crippen LogP contribution in [0.15, 0.2) is 34.9 Å². The molecule has 0 fully saturated rings. The van der Waals surface area contributed by atoms with Crippen molar-refractivity contribution in [2.24, 2.45) is 0 Å². The molecule has 0 bridgehead atoms. The highest BCUT2D eigenvalue weighted by Crippen LogP contribution is 2.23. The molecule has 1 heterocycles. The van der Waals surface area contributed by atoms with Crippen LogP contribution in [-0.2, 0) is 6.54 Å². The predicted octanol–water partition coefficient (Wildman–Crippen LogP) is 3.72. The maximum atomic E-state index is 12.4. The molecule has 0 aliphatic carbocycles. The van der Waals surface area contributed by atoms with Crippen LogP contribution in [0.2, 0.25) is 0 Å². The normalized spacial score (nSPS) is 10.6. The van der Waals surface area contributed by atoms with E-state index in [9.17, 15) is 4.79 Å². The second-order valence-corrected chi connectivity index (χ2v) is 5.60. The lowest BCUT2D eigenvalue weighted by Crippen LogP contribution is -2.25. The van der Waals surface area contributed by atoms with Gasteiger partial charge in [-0.2, -0.15) is 5.26 Å². The number of benzene rings is 1. The monoisotopic (exact) mass is 311 g/mol. The molecule has 0 radical (unpaired) electrons. The van der Waals surface area contributed by atoms with E-state index in [1.165, 1.54) is 0 Å². The summed E-state index contributed by atoms with van der Waals surface area (Å²) in [6.07, 6.45) is 1.94. The highest BCUT2D eigenvalue weighted by molar-refractivity contribution is 5.91. The molecule has 120 valence electrons. The number of rotatable bonds is 6. The van der Waals surface area contributed by atoms with Gasteiger partial charge in [0, 0.05) is 25.6 Å². The molecular formula is C18H21N3O2. The van der Waals surface area contributed by atoms with Gasteiger partial charge in [-0.3, -0.25) is 4.79 Å². The minimum absolute atomic E-state index is 0.195. The number of hydrogen-bond acceptors (Lipinski definition) is 4. The van der Waals surface area contributed by atoms with E-state index in [1.807, 2.05) is 12.1 Å². The van der Waals surface area contributed by atoms with Crippen molar-refractivity contribution in [1.29, 1.82) is 5.26 Å². The topological polar surface area (TPSA) is 70.1 Å². The Bertz CT molecular complexity index is 694. The van der Waals surface area contributed by atoms with Crippen LogP contribution in [0, 0.1) is 11.3 Å². The first-order valence-electron chi connectivity index (χ1n) is 7.80. The maximum Gasteiger partial charge on any atom is 0.292 e. The second kappa shape index (κ2) is 7.59. The summed E-state index contributed by atoms with van der Waals surface area (Å²) in [5, 5.41) is 12.8. The van der Waals surface area contributed by atoms with Crippen LogP contribution in [-0.4, -0.2) is 23.0 Å². The van der Waals surface area contributed by atoms with E-state index in [1.54, 1.807) is 30.1 Å². The molecule has 0 aliphatic heterocycles. The average molecular weight is 311 g/mol. The summed E-state index contributed by atoms with van der Waals surface area (Å²) in [5.41, 5.74) is 2.40. The Balaban J connectivity index is 2.05. The zero-order valence-electron chi connectivity index (χ0n) is 13.7. The van der Waals surface area contributed by atoms with Gasteiger partial charge in [-0.1, -0.05) is 31.1 Å². The third kappa shape index (κ3) is 3.98. The SMILES string of the molecule is CCC(CC)c1cc(C(=O)N(C)Cc2ccc(C#N)cc2)on1. The number of nitrogens with zero attached hydrogens (tertiary/aromatic N) is 3. The molecule has 1 aromatic carbocycles. The van der Waals surface area contributed by atoms with Crippen molar-refractivity contribution in [3.63, 3.8) is 0 Å². The fourth-order valence-electron chi connectivity index (χ4n) is 2.51. The van der Waals surface area contributed by atoms with Crippen molar-refractivity contribution in [3.05, 3.63) is 52.9 Å². The van der Waals surface area contributed by atoms with Crippen molar-refractivity contribution in [1.82, 2.24) is 10.1 Å². The highest BCUT2D eigenvalue weighted by Gasteiger charge is 2.20. The number of hydrogen-bond donors (Lipinski definition) is 0. The van der Waals surface area contributed by atoms with E-state index in [-0.39, 0.29) is 11.7 Å². The van der Waals surface area contributed by atoms with Crippen LogP contribution in [0.25, 0.3) is 0 Å². The molecule has 0 N–H and O–H groups in total. The maximum absolute atomic E-state index is 12.4. The standard InChI is InChI=1S/C18H21N3O2/c1-4-15(5-2)16-10-17(23-20-16)18(22)21(3)12-14-8-6-13(11-19)7-9-14/h6-10,15H,4-5,12H2,1-3H3. The molecule has 2 aromatic rings. The summed E-state index contributed by atoms with van der Waals surface area (Å²) in [4.78, 5) is 14.0. The van der Waals surface area contributed by atoms with Gasteiger partial charge in [0.05, 0.1) is 17.3 Å². The van der Waals surface area contributed by atoms with E-state index in [0.29, 0.717) is 18.0 Å². The second-order valence-electron chi connectivity index (χ2n) is 5.60. The number of carbonyl (C=O) groups excluding carboxylic acids is 1. The molecule has 5 nitrogen and oxygen atoms in total. The summed E-state index contributed by atoms with van der Waals surface area (Å²) >= 11 is 0. The zero-order valence-corrected chi connectivity index (χ0v) is 13.7. The summed E-state index contributed by atoms with van der Waals surface area (Å²) in [7, 11) is 1.72. The van der Waals surface area contributed by atoms with Gasteiger partial charge in [0.2, 0.25) is 5.76 Å². The van der Waals surface area contributed by atoms with E-state index >= 15 is 0 Å². The molecule has 1 amide bonds. The van der Waals surface area contributed by atoms with E-state index in [4.69, 9.17) is 9.78 Å². The first-order chi connectivity index (χ1) is 11.1. The lowest BCUT2D eigenvalue weighted by atomic mass is 9.99. The molecule has 0 unspecified atom stereocenters. The molecule has 0 saturated carbocycles. The fraction of sp³-hybridized carbons (Fsp3) is 0.389. The van der Waals surface area contributed by atoms with Crippen LogP contribution in [0.5, 0.6) is 0 Å². The van der Waals surface area contributed by atoms with Crippen LogP contribution < -0.4 is 0 Å². The Labute approximate surface area is 136 Å². The number of nitriles is 1. The fourth-order valence-corrected chi connectivity index (χ4v) is 2.51. The molecular weight excluding hydrogens is 290 g/mol. The van der Waals surface area contributed by atoms with Crippen LogP contribution in [0.4, 0.5) is 0 Å². The van der Waals surface area contributed by atoms with Gasteiger partial charge in [0.1, 0.15) is 0 Å². The molecule has 0 atom stereocenters. The summed E-state index contributed by atoms with van der Waals surface area (Å²) in [6.45, 7) is 4.65. The Morgan fingerprint density at radius 1 is 1.30 bits per heavy atom. The van der Waals surface area contributed by atoms with Crippen molar-refractivity contribution in [3.8, 4) is 6.07 Å². The zero-order chi connectivity index (χ0) is 16.8. The van der Waals surface area contributed by atoms with E-state index < -0.39 is 0 Å². The van der Waals surface area contributed by atoms with Gasteiger partial charge in [-0.05, 0) is 30.5 Å². The van der Waals surface area contributed by atoms with Gasteiger partial charge in [-0.25, -0.2) is 0 Å². The molecule has 0 aliphatic rings. The van der Waals surface area contributed by atoms with Gasteiger partial charge >= 0.3 is 0 Å². The third-order valence-corrected chi connectivity index (χ3v) is 3.99. The van der Waals surface area contributed by atoms with Gasteiger partial charge in [0.25, 0.3) is 5.91 Å². The first-order valence-corrected chi connectivity index (χ1v) is 7.80. The number of aromatic nitrogens is 1. The smallest absolute Gasteiger partial charge is 0.292 e. The molecule has 0 saturated heterocycles. The number of carbonyl (C=O) groups is 1. The van der Waals surface area contributed by atoms with Crippen molar-refractivity contribution >= 4 is 5.91 Å². The van der Waals surface area contributed by atoms with Crippen molar-refractivity contribution in [2.45, 2.75) is 39.2 Å². The van der Waals surface area contributed by atoms with Gasteiger partial charge in [-0.15, -0.1) is 0 Å². The largest absolute Gasteiger partial charge is 0.351 e. The summed E-state index contributed by atoms with van der Waals surface area (Å²) in [5.74, 6) is 0.395.